The van der Waals surface area contributed by atoms with Crippen molar-refractivity contribution in [2.24, 2.45) is 34.0 Å². The molecule has 402 valence electrons. The van der Waals surface area contributed by atoms with Gasteiger partial charge in [-0.05, 0) is 66.5 Å². The number of carbonyl (C=O) groups excluding carboxylic acids is 9. The van der Waals surface area contributed by atoms with Crippen LogP contribution in [-0.4, -0.2) is 143 Å². The molecule has 73 heavy (non-hydrogen) atoms. The van der Waals surface area contributed by atoms with Gasteiger partial charge < -0.3 is 64.4 Å². The number of nitrogens with two attached hydrogens (primary N) is 3. The molecule has 14 N–H and O–H groups in total. The quantitative estimate of drug-likeness (QED) is 0.0196. The largest absolute Gasteiger partial charge is 0.508 e. The molecule has 2 aromatic carbocycles. The number of hydrogen-bond acceptors (Lipinski definition) is 13. The fourth-order valence-corrected chi connectivity index (χ4v) is 8.42. The Morgan fingerprint density at radius 2 is 1.25 bits per heavy atom. The highest BCUT2D eigenvalue weighted by Gasteiger charge is 2.40. The zero-order valence-electron chi connectivity index (χ0n) is 41.9. The maximum atomic E-state index is 14.4. The molecule has 0 spiro atoms. The van der Waals surface area contributed by atoms with Crippen LogP contribution in [0.4, 0.5) is 0 Å². The Balaban J connectivity index is 1.84. The van der Waals surface area contributed by atoms with Crippen molar-refractivity contribution < 1.29 is 48.3 Å². The molecule has 0 saturated carbocycles. The highest BCUT2D eigenvalue weighted by atomic mass is 32.1. The summed E-state index contributed by atoms with van der Waals surface area (Å²) in [6, 6.07) is 6.80. The number of nitrogens with zero attached hydrogens (tertiary/aromatic N) is 2. The van der Waals surface area contributed by atoms with Gasteiger partial charge in [0.1, 0.15) is 48.0 Å². The monoisotopic (exact) mass is 1050 g/mol. The highest BCUT2D eigenvalue weighted by Crippen LogP contribution is 2.21. The van der Waals surface area contributed by atoms with Gasteiger partial charge in [-0.2, -0.15) is 25.3 Å². The number of phenols is 1. The number of thiol groups is 2. The SMILES string of the molecule is CC[C@H](C)[C@H](NC(=O)[C@H](Cc1ccccc1)NC(=O)[C@H](Cc1ccc(O)cc1)NC(=O)CCS)C(=O)N[C@H](C(=O)N[C@@H](CS)C(=O)N1CCC[C@H]1C(=O)N[C@H](CCCN=C(N)N)C(=O)NCC(N)=O)[C@@H](C)CC. The number of primary amides is 1. The van der Waals surface area contributed by atoms with Crippen molar-refractivity contribution in [1.29, 1.82) is 0 Å². The molecule has 1 fully saturated rings. The van der Waals surface area contributed by atoms with Gasteiger partial charge in [0.15, 0.2) is 5.96 Å². The number of amides is 9. The first-order chi connectivity index (χ1) is 34.7. The molecule has 1 heterocycles. The Labute approximate surface area is 437 Å². The summed E-state index contributed by atoms with van der Waals surface area (Å²) in [7, 11) is 0. The minimum atomic E-state index is -1.25. The topological polar surface area (TPSA) is 352 Å². The van der Waals surface area contributed by atoms with Crippen LogP contribution in [0.15, 0.2) is 59.6 Å². The van der Waals surface area contributed by atoms with E-state index in [4.69, 9.17) is 17.2 Å². The third kappa shape index (κ3) is 20.1. The van der Waals surface area contributed by atoms with Crippen LogP contribution in [0.3, 0.4) is 0 Å². The second-order valence-electron chi connectivity index (χ2n) is 18.1. The maximum absolute atomic E-state index is 14.4. The summed E-state index contributed by atoms with van der Waals surface area (Å²) in [6.07, 6.45) is 1.92. The van der Waals surface area contributed by atoms with Crippen LogP contribution < -0.4 is 54.4 Å². The van der Waals surface area contributed by atoms with E-state index in [1.54, 1.807) is 56.3 Å². The normalized spacial score (nSPS) is 16.4. The number of phenolic OH excluding ortho intramolecular Hbond substituents is 1. The number of guanidine groups is 1. The highest BCUT2D eigenvalue weighted by molar-refractivity contribution is 7.80. The third-order valence-corrected chi connectivity index (χ3v) is 13.1. The zero-order chi connectivity index (χ0) is 54.2. The summed E-state index contributed by atoms with van der Waals surface area (Å²) < 4.78 is 0. The van der Waals surface area contributed by atoms with Gasteiger partial charge in [-0.3, -0.25) is 48.1 Å². The molecule has 24 heteroatoms. The van der Waals surface area contributed by atoms with E-state index < -0.39 is 114 Å². The Morgan fingerprint density at radius 3 is 1.81 bits per heavy atom. The van der Waals surface area contributed by atoms with Crippen molar-refractivity contribution in [3.63, 3.8) is 0 Å². The van der Waals surface area contributed by atoms with E-state index in [2.05, 4.69) is 67.5 Å². The van der Waals surface area contributed by atoms with E-state index in [1.165, 1.54) is 17.0 Å². The summed E-state index contributed by atoms with van der Waals surface area (Å²) in [5, 5.41) is 28.8. The second kappa shape index (κ2) is 31.1. The first kappa shape index (κ1) is 60.7. The fourth-order valence-electron chi connectivity index (χ4n) is 7.97. The average molecular weight is 1060 g/mol. The first-order valence-electron chi connectivity index (χ1n) is 24.5. The number of rotatable bonds is 30. The number of hydrogen-bond donors (Lipinski definition) is 13. The second-order valence-corrected chi connectivity index (χ2v) is 18.9. The van der Waals surface area contributed by atoms with Crippen LogP contribution in [0.25, 0.3) is 0 Å². The Hall–Kier alpha value is -6.56. The number of likely N-dealkylation sites (tertiary alicyclic amines) is 1. The zero-order valence-corrected chi connectivity index (χ0v) is 43.7. The van der Waals surface area contributed by atoms with E-state index in [-0.39, 0.29) is 74.8 Å². The minimum Gasteiger partial charge on any atom is -0.508 e. The van der Waals surface area contributed by atoms with Crippen molar-refractivity contribution >= 4 is 84.4 Å². The molecule has 9 amide bonds. The van der Waals surface area contributed by atoms with E-state index in [0.717, 1.165) is 0 Å². The van der Waals surface area contributed by atoms with Gasteiger partial charge in [-0.15, -0.1) is 0 Å². The van der Waals surface area contributed by atoms with E-state index in [9.17, 15) is 48.3 Å². The number of nitrogens with one attached hydrogen (secondary N) is 7. The molecule has 3 rings (SSSR count). The van der Waals surface area contributed by atoms with Crippen LogP contribution >= 0.6 is 25.3 Å². The lowest BCUT2D eigenvalue weighted by atomic mass is 9.94. The third-order valence-electron chi connectivity index (χ3n) is 12.5. The Bertz CT molecular complexity index is 2220. The first-order valence-corrected chi connectivity index (χ1v) is 25.8. The molecule has 2 aromatic rings. The number of carbonyl (C=O) groups is 9. The molecule has 0 bridgehead atoms. The van der Waals surface area contributed by atoms with Crippen LogP contribution in [0.1, 0.15) is 83.8 Å². The van der Waals surface area contributed by atoms with E-state index in [0.29, 0.717) is 30.4 Å². The van der Waals surface area contributed by atoms with Crippen LogP contribution in [0, 0.1) is 11.8 Å². The van der Waals surface area contributed by atoms with Crippen molar-refractivity contribution in [1.82, 2.24) is 42.1 Å². The summed E-state index contributed by atoms with van der Waals surface area (Å²) in [4.78, 5) is 127. The van der Waals surface area contributed by atoms with Gasteiger partial charge in [-0.1, -0.05) is 83.0 Å². The van der Waals surface area contributed by atoms with Crippen molar-refractivity contribution in [2.75, 3.05) is 31.1 Å². The molecule has 9 atom stereocenters. The molecule has 0 aliphatic carbocycles. The summed E-state index contributed by atoms with van der Waals surface area (Å²) in [5.41, 5.74) is 17.3. The predicted octanol–water partition coefficient (Wildman–Crippen LogP) is -0.926. The molecule has 0 unspecified atom stereocenters. The molecule has 0 radical (unpaired) electrons. The standard InChI is InChI=1S/C49H74N12O10S2/c1-5-28(3)40(46(69)58-36(27-73)48(71)61-22-11-15-37(61)45(68)56-33(14-10-21-53-49(51)52)42(65)54-26-38(50)63)60-47(70)41(29(4)6-2)59-44(67)35(24-30-12-8-7-9-13-30)57-43(66)34(55-39(64)20-23-72)25-31-16-18-32(62)19-17-31/h7-9,12-13,16-19,28-29,33-37,40-41,62,72-73H,5-6,10-11,14-15,20-27H2,1-4H3,(H2,50,63)(H,54,65)(H,55,64)(H,56,68)(H,57,66)(H,58,69)(H,59,67)(H,60,70)(H4,51,52,53)/t28-,29-,33+,34-,35-,36-,37-,40-,41-/m0/s1. The lowest BCUT2D eigenvalue weighted by Crippen LogP contribution is -2.62. The summed E-state index contributed by atoms with van der Waals surface area (Å²) >= 11 is 8.51. The Kier molecular flexibility index (Phi) is 25.9. The van der Waals surface area contributed by atoms with Gasteiger partial charge in [-0.25, -0.2) is 0 Å². The number of aliphatic imine (C=N–C) groups is 1. The smallest absolute Gasteiger partial charge is 0.246 e. The van der Waals surface area contributed by atoms with Gasteiger partial charge >= 0.3 is 0 Å². The molecular weight excluding hydrogens is 981 g/mol. The summed E-state index contributed by atoms with van der Waals surface area (Å²) in [6.45, 7) is 6.96. The summed E-state index contributed by atoms with van der Waals surface area (Å²) in [5.74, 6) is -7.06. The van der Waals surface area contributed by atoms with Crippen LogP contribution in [0.5, 0.6) is 5.75 Å². The fraction of sp³-hybridized carbons (Fsp3) is 0.551. The van der Waals surface area contributed by atoms with E-state index >= 15 is 0 Å². The maximum Gasteiger partial charge on any atom is 0.246 e. The van der Waals surface area contributed by atoms with Crippen molar-refractivity contribution in [3.05, 3.63) is 65.7 Å². The van der Waals surface area contributed by atoms with Crippen LogP contribution in [0.2, 0.25) is 0 Å². The van der Waals surface area contributed by atoms with Crippen molar-refractivity contribution in [3.8, 4) is 5.75 Å². The number of aromatic hydroxyl groups is 1. The van der Waals surface area contributed by atoms with Crippen molar-refractivity contribution in [2.45, 2.75) is 128 Å². The average Bonchev–Trinajstić information content (AvgIpc) is 3.87. The van der Waals surface area contributed by atoms with Crippen LogP contribution in [-0.2, 0) is 56.0 Å². The predicted molar refractivity (Wildman–Crippen MR) is 282 cm³/mol. The van der Waals surface area contributed by atoms with Gasteiger partial charge in [0.05, 0.1) is 6.54 Å². The van der Waals surface area contributed by atoms with Gasteiger partial charge in [0.25, 0.3) is 0 Å². The molecule has 0 aromatic heterocycles. The lowest BCUT2D eigenvalue weighted by molar-refractivity contribution is -0.142. The number of benzene rings is 2. The molecule has 1 saturated heterocycles. The lowest BCUT2D eigenvalue weighted by Gasteiger charge is -2.32. The Morgan fingerprint density at radius 1 is 0.699 bits per heavy atom. The molecular formula is C49H74N12O10S2. The van der Waals surface area contributed by atoms with Gasteiger partial charge in [0.2, 0.25) is 53.2 Å². The molecule has 1 aliphatic rings. The molecule has 1 aliphatic heterocycles. The molecule has 22 nitrogen and oxygen atoms in total. The minimum absolute atomic E-state index is 0.00786. The van der Waals surface area contributed by atoms with Gasteiger partial charge in [0, 0.05) is 38.1 Å². The van der Waals surface area contributed by atoms with E-state index in [1.807, 2.05) is 13.8 Å².